The molecule has 2 aromatic rings. The van der Waals surface area contributed by atoms with E-state index in [0.717, 1.165) is 24.8 Å². The number of hydrogen-bond donors (Lipinski definition) is 1. The number of rotatable bonds is 6. The van der Waals surface area contributed by atoms with Crippen LogP contribution in [0.2, 0.25) is 0 Å². The highest BCUT2D eigenvalue weighted by molar-refractivity contribution is 5.68. The smallest absolute Gasteiger partial charge is 0.460 e. The Hall–Kier alpha value is -2.11. The molecule has 1 aromatic carbocycles. The lowest BCUT2D eigenvalue weighted by atomic mass is 10.2. The molecule has 0 amide bonds. The molecule has 0 aliphatic rings. The molecule has 0 saturated carbocycles. The van der Waals surface area contributed by atoms with E-state index in [2.05, 4.69) is 17.3 Å². The molecule has 1 N–H and O–H groups in total. The first-order valence-electron chi connectivity index (χ1n) is 7.01. The highest BCUT2D eigenvalue weighted by atomic mass is 16.5. The van der Waals surface area contributed by atoms with Crippen LogP contribution in [-0.4, -0.2) is 11.6 Å². The summed E-state index contributed by atoms with van der Waals surface area (Å²) in [6.07, 6.45) is 4.40. The first-order valence-corrected chi connectivity index (χ1v) is 7.01. The molecule has 0 radical (unpaired) electrons. The summed E-state index contributed by atoms with van der Waals surface area (Å²) in [5.41, 5.74) is 1.54. The fraction of sp³-hybridized carbons (Fsp3) is 0.500. The molecule has 2 rings (SSSR count). The van der Waals surface area contributed by atoms with Crippen LogP contribution in [0.3, 0.4) is 0 Å². The van der Waals surface area contributed by atoms with Crippen LogP contribution in [-0.2, 0) is 0 Å². The van der Waals surface area contributed by atoms with Crippen molar-refractivity contribution in [2.45, 2.75) is 39.5 Å². The van der Waals surface area contributed by atoms with Crippen molar-refractivity contribution in [1.29, 1.82) is 0 Å². The molecule has 6 heteroatoms. The van der Waals surface area contributed by atoms with Gasteiger partial charge in [-0.3, -0.25) is 5.32 Å². The van der Waals surface area contributed by atoms with Gasteiger partial charge in [0, 0.05) is 10.9 Å². The van der Waals surface area contributed by atoms with Crippen LogP contribution in [0.1, 0.15) is 38.2 Å². The molecule has 0 spiro atoms. The van der Waals surface area contributed by atoms with Crippen molar-refractivity contribution < 1.29 is 9.58 Å². The van der Waals surface area contributed by atoms with Gasteiger partial charge in [-0.2, -0.15) is 0 Å². The summed E-state index contributed by atoms with van der Waals surface area (Å²) in [7, 11) is 0. The zero-order valence-corrected chi connectivity index (χ0v) is 11.9. The van der Waals surface area contributed by atoms with Gasteiger partial charge < -0.3 is 10.4 Å². The van der Waals surface area contributed by atoms with Crippen LogP contribution in [0, 0.1) is 17.3 Å². The first-order chi connectivity index (χ1) is 9.63. The number of hydrogen-bond acceptors (Lipinski definition) is 4. The Kier molecular flexibility index (Phi) is 4.55. The first kappa shape index (κ1) is 14.3. The monoisotopic (exact) mass is 276 g/mol. The van der Waals surface area contributed by atoms with Crippen molar-refractivity contribution in [2.75, 3.05) is 11.9 Å². The molecule has 0 atom stereocenters. The van der Waals surface area contributed by atoms with Crippen LogP contribution < -0.4 is 14.9 Å². The van der Waals surface area contributed by atoms with E-state index in [-0.39, 0.29) is 11.5 Å². The Morgan fingerprint density at radius 1 is 1.15 bits per heavy atom. The molecule has 0 aliphatic carbocycles. The second kappa shape index (κ2) is 6.36. The molecular weight excluding hydrogens is 256 g/mol. The largest absolute Gasteiger partial charge is 0.739 e. The van der Waals surface area contributed by atoms with E-state index in [9.17, 15) is 10.4 Å². The Bertz CT molecular complexity index is 601. The maximum atomic E-state index is 12.2. The quantitative estimate of drug-likeness (QED) is 0.495. The van der Waals surface area contributed by atoms with Crippen molar-refractivity contribution in [2.24, 2.45) is 0 Å². The van der Waals surface area contributed by atoms with Crippen LogP contribution in [0.5, 0.6) is 0 Å². The molecule has 0 fully saturated rings. The Balaban J connectivity index is 2.18. The predicted octanol–water partition coefficient (Wildman–Crippen LogP) is 1.80. The van der Waals surface area contributed by atoms with Crippen LogP contribution in [0.15, 0.2) is 18.2 Å². The van der Waals surface area contributed by atoms with E-state index in [0.29, 0.717) is 21.6 Å². The zero-order valence-electron chi connectivity index (χ0n) is 11.9. The molecule has 108 valence electrons. The van der Waals surface area contributed by atoms with Gasteiger partial charge in [-0.1, -0.05) is 32.3 Å². The summed E-state index contributed by atoms with van der Waals surface area (Å²) >= 11 is 0. The van der Waals surface area contributed by atoms with Gasteiger partial charge in [-0.15, -0.1) is 0 Å². The fourth-order valence-corrected chi connectivity index (χ4v) is 2.11. The van der Waals surface area contributed by atoms with Crippen molar-refractivity contribution in [3.8, 4) is 0 Å². The number of aryl methyl sites for hydroxylation is 1. The number of aromatic nitrogens is 3. The van der Waals surface area contributed by atoms with Gasteiger partial charge in [0.25, 0.3) is 5.52 Å². The highest BCUT2D eigenvalue weighted by Gasteiger charge is 2.19. The molecule has 0 unspecified atom stereocenters. The minimum atomic E-state index is 0.0628. The molecule has 1 heterocycles. The van der Waals surface area contributed by atoms with Gasteiger partial charge in [0.05, 0.1) is 6.54 Å². The number of benzene rings is 1. The third kappa shape index (κ3) is 3.07. The highest BCUT2D eigenvalue weighted by Crippen LogP contribution is 2.09. The number of fused-ring (bicyclic) bond motifs is 1. The summed E-state index contributed by atoms with van der Waals surface area (Å²) in [5.74, 6) is 0.0628. The summed E-state index contributed by atoms with van der Waals surface area (Å²) < 4.78 is 0.684. The minimum absolute atomic E-state index is 0.0628. The predicted molar refractivity (Wildman–Crippen MR) is 77.0 cm³/mol. The summed E-state index contributed by atoms with van der Waals surface area (Å²) in [5, 5.41) is 30.7. The molecule has 6 nitrogen and oxygen atoms in total. The third-order valence-electron chi connectivity index (χ3n) is 3.25. The fourth-order valence-electron chi connectivity index (χ4n) is 2.11. The van der Waals surface area contributed by atoms with Crippen molar-refractivity contribution in [3.05, 3.63) is 34.2 Å². The Labute approximate surface area is 118 Å². The summed E-state index contributed by atoms with van der Waals surface area (Å²) in [4.78, 5) is 0.505. The van der Waals surface area contributed by atoms with Crippen LogP contribution in [0.25, 0.3) is 11.0 Å². The van der Waals surface area contributed by atoms with Crippen molar-refractivity contribution in [3.63, 3.8) is 0 Å². The summed E-state index contributed by atoms with van der Waals surface area (Å²) in [6, 6.07) is 5.12. The van der Waals surface area contributed by atoms with E-state index in [1.807, 2.05) is 13.0 Å². The Morgan fingerprint density at radius 2 is 1.95 bits per heavy atom. The van der Waals surface area contributed by atoms with Gasteiger partial charge in [-0.05, 0) is 25.0 Å². The molecular formula is C14H20N4O2. The van der Waals surface area contributed by atoms with Crippen LogP contribution in [0.4, 0.5) is 5.95 Å². The van der Waals surface area contributed by atoms with Gasteiger partial charge in [0.1, 0.15) is 0 Å². The standard InChI is InChI=1S/C14H20N4O2/c1-3-4-5-6-9-15-14-16-18(20)13-10-11(2)7-8-12(13)17(14)19/h7-8,10H,3-6,9H2,1-2H3,(H,15,16). The zero-order chi connectivity index (χ0) is 14.5. The number of nitrogens with one attached hydrogen (secondary N) is 1. The molecule has 0 bridgehead atoms. The van der Waals surface area contributed by atoms with Gasteiger partial charge in [-0.25, -0.2) is 4.73 Å². The van der Waals surface area contributed by atoms with E-state index < -0.39 is 0 Å². The maximum Gasteiger partial charge on any atom is 0.460 e. The second-order valence-corrected chi connectivity index (χ2v) is 4.97. The molecule has 20 heavy (non-hydrogen) atoms. The molecule has 0 saturated heterocycles. The minimum Gasteiger partial charge on any atom is -0.739 e. The van der Waals surface area contributed by atoms with Gasteiger partial charge in [0.2, 0.25) is 5.10 Å². The lowest BCUT2D eigenvalue weighted by Gasteiger charge is -2.10. The van der Waals surface area contributed by atoms with Crippen molar-refractivity contribution in [1.82, 2.24) is 5.10 Å². The number of anilines is 1. The SMILES string of the molecule is CCCCCCNc1n[n+]([O-])c2cc(C)ccc2[n+]1[O-]. The summed E-state index contributed by atoms with van der Waals surface area (Å²) in [6.45, 7) is 4.66. The molecule has 1 aromatic heterocycles. The average Bonchev–Trinajstić information content (AvgIpc) is 2.43. The van der Waals surface area contributed by atoms with E-state index in [4.69, 9.17) is 0 Å². The van der Waals surface area contributed by atoms with E-state index >= 15 is 0 Å². The molecule has 0 aliphatic heterocycles. The second-order valence-electron chi connectivity index (χ2n) is 4.97. The van der Waals surface area contributed by atoms with E-state index in [1.165, 1.54) is 6.42 Å². The topological polar surface area (TPSA) is 78.8 Å². The van der Waals surface area contributed by atoms with Crippen LogP contribution >= 0.6 is 0 Å². The Morgan fingerprint density at radius 3 is 2.70 bits per heavy atom. The normalized spacial score (nSPS) is 10.9. The average molecular weight is 276 g/mol. The lowest BCUT2D eigenvalue weighted by molar-refractivity contribution is -0.672. The number of unbranched alkanes of at least 4 members (excludes halogenated alkanes) is 3. The number of nitrogens with zero attached hydrogens (tertiary/aromatic N) is 3. The van der Waals surface area contributed by atoms with E-state index in [1.54, 1.807) is 12.1 Å². The van der Waals surface area contributed by atoms with Gasteiger partial charge >= 0.3 is 5.95 Å². The maximum absolute atomic E-state index is 12.2. The lowest BCUT2D eigenvalue weighted by Crippen LogP contribution is -2.44. The van der Waals surface area contributed by atoms with Gasteiger partial charge in [0.15, 0.2) is 5.52 Å². The van der Waals surface area contributed by atoms with Crippen molar-refractivity contribution >= 4 is 17.0 Å². The third-order valence-corrected chi connectivity index (χ3v) is 3.25.